The van der Waals surface area contributed by atoms with E-state index in [2.05, 4.69) is 43.2 Å². The number of Topliss-reactive ketones (excluding diaryl/α,β-unsaturated/α-hetero) is 1. The van der Waals surface area contributed by atoms with Gasteiger partial charge in [-0.2, -0.15) is 0 Å². The summed E-state index contributed by atoms with van der Waals surface area (Å²) in [7, 11) is 0. The molecule has 4 unspecified atom stereocenters. The second-order valence-corrected chi connectivity index (χ2v) is 15.3. The number of pyridine rings is 1. The molecular weight excluding hydrogens is 504 g/mol. The highest BCUT2D eigenvalue weighted by Gasteiger charge is 2.62. The minimum atomic E-state index is -0.128. The van der Waals surface area contributed by atoms with Gasteiger partial charge in [-0.25, -0.2) is 0 Å². The summed E-state index contributed by atoms with van der Waals surface area (Å²) < 4.78 is 0. The Morgan fingerprint density at radius 2 is 1.80 bits per heavy atom. The number of ketones is 1. The molecule has 0 aromatic carbocycles. The van der Waals surface area contributed by atoms with Gasteiger partial charge in [-0.3, -0.25) is 9.78 Å². The first-order valence-electron chi connectivity index (χ1n) is 17.6. The topological polar surface area (TPSA) is 62.2 Å². The first-order valence-corrected chi connectivity index (χ1v) is 17.6. The number of aromatic nitrogens is 1. The molecule has 41 heavy (non-hydrogen) atoms. The van der Waals surface area contributed by atoms with Gasteiger partial charge in [0.1, 0.15) is 5.78 Å². The molecule has 0 radical (unpaired) electrons. The fourth-order valence-electron chi connectivity index (χ4n) is 10.8. The zero-order chi connectivity index (χ0) is 29.0. The smallest absolute Gasteiger partial charge is 0.132 e. The number of fused-ring (bicyclic) bond motifs is 5. The highest BCUT2D eigenvalue weighted by molar-refractivity contribution is 5.77. The van der Waals surface area contributed by atoms with Crippen molar-refractivity contribution >= 4 is 5.78 Å². The summed E-state index contributed by atoms with van der Waals surface area (Å²) in [6.07, 6.45) is 20.6. The number of hydrogen-bond acceptors (Lipinski definition) is 4. The normalized spacial score (nSPS) is 39.0. The summed E-state index contributed by atoms with van der Waals surface area (Å²) in [6.45, 7) is 10.7. The van der Waals surface area contributed by atoms with Crippen LogP contribution < -0.4 is 5.32 Å². The molecule has 0 aliphatic heterocycles. The highest BCUT2D eigenvalue weighted by Crippen LogP contribution is 2.68. The Bertz CT molecular complexity index is 982. The minimum Gasteiger partial charge on any atom is -0.393 e. The molecule has 0 bridgehead atoms. The molecule has 1 aromatic heterocycles. The number of rotatable bonds is 13. The molecule has 4 saturated carbocycles. The molecule has 4 fully saturated rings. The number of nitrogens with zero attached hydrogens (tertiary/aromatic N) is 1. The van der Waals surface area contributed by atoms with E-state index in [1.165, 1.54) is 76.3 Å². The molecule has 4 aliphatic rings. The van der Waals surface area contributed by atoms with Crippen molar-refractivity contribution in [3.8, 4) is 0 Å². The lowest BCUT2D eigenvalue weighted by atomic mass is 9.43. The number of aliphatic hydroxyl groups is 1. The molecule has 1 heterocycles. The average molecular weight is 565 g/mol. The monoisotopic (exact) mass is 564 g/mol. The number of nitrogens with one attached hydrogen (secondary N) is 1. The quantitative estimate of drug-likeness (QED) is 0.237. The Balaban J connectivity index is 1.10. The average Bonchev–Trinajstić information content (AvgIpc) is 3.33. The van der Waals surface area contributed by atoms with Crippen molar-refractivity contribution in [3.05, 3.63) is 30.1 Å². The van der Waals surface area contributed by atoms with Crippen LogP contribution in [0.4, 0.5) is 0 Å². The van der Waals surface area contributed by atoms with Gasteiger partial charge < -0.3 is 10.4 Å². The van der Waals surface area contributed by atoms with E-state index in [0.717, 1.165) is 32.2 Å². The Kier molecular flexibility index (Phi) is 10.3. The SMILES string of the molecule is CCC(=O)CC[C@@H](C)[C@H]1CCC2C3C(O)C[C@H]4C[C@@H](NCCCCCCc5ccccn5)CC[C@]4(C)C3CC[C@@]21C. The fourth-order valence-corrected chi connectivity index (χ4v) is 10.8. The van der Waals surface area contributed by atoms with Crippen LogP contribution in [0.1, 0.15) is 130 Å². The molecule has 0 spiro atoms. The van der Waals surface area contributed by atoms with Crippen LogP contribution in [0, 0.1) is 46.3 Å². The molecule has 1 aromatic rings. The van der Waals surface area contributed by atoms with E-state index >= 15 is 0 Å². The Labute approximate surface area is 251 Å². The molecule has 10 atom stereocenters. The lowest BCUT2D eigenvalue weighted by Gasteiger charge is -2.62. The van der Waals surface area contributed by atoms with Crippen LogP contribution >= 0.6 is 0 Å². The van der Waals surface area contributed by atoms with Gasteiger partial charge in [0.2, 0.25) is 0 Å². The minimum absolute atomic E-state index is 0.128. The van der Waals surface area contributed by atoms with Crippen molar-refractivity contribution in [1.29, 1.82) is 0 Å². The zero-order valence-electron chi connectivity index (χ0n) is 26.8. The van der Waals surface area contributed by atoms with Crippen LogP contribution in [0.15, 0.2) is 24.4 Å². The number of aryl methyl sites for hydroxylation is 1. The van der Waals surface area contributed by atoms with Gasteiger partial charge in [0, 0.05) is 30.8 Å². The van der Waals surface area contributed by atoms with Crippen LogP contribution in [-0.2, 0) is 11.2 Å². The third-order valence-electron chi connectivity index (χ3n) is 13.2. The van der Waals surface area contributed by atoms with E-state index in [-0.39, 0.29) is 6.10 Å². The third kappa shape index (κ3) is 6.64. The second-order valence-electron chi connectivity index (χ2n) is 15.3. The van der Waals surface area contributed by atoms with E-state index in [0.29, 0.717) is 64.6 Å². The van der Waals surface area contributed by atoms with E-state index in [1.807, 2.05) is 19.2 Å². The number of hydrogen-bond donors (Lipinski definition) is 2. The van der Waals surface area contributed by atoms with E-state index in [9.17, 15) is 9.90 Å². The molecule has 230 valence electrons. The van der Waals surface area contributed by atoms with Crippen molar-refractivity contribution in [3.63, 3.8) is 0 Å². The van der Waals surface area contributed by atoms with Gasteiger partial charge in [0.05, 0.1) is 6.10 Å². The van der Waals surface area contributed by atoms with Gasteiger partial charge in [-0.05, 0) is 142 Å². The van der Waals surface area contributed by atoms with Gasteiger partial charge in [-0.1, -0.05) is 46.6 Å². The maximum Gasteiger partial charge on any atom is 0.132 e. The van der Waals surface area contributed by atoms with E-state index < -0.39 is 0 Å². The summed E-state index contributed by atoms with van der Waals surface area (Å²) >= 11 is 0. The highest BCUT2D eigenvalue weighted by atomic mass is 16.3. The molecule has 4 heteroatoms. The maximum absolute atomic E-state index is 12.0. The second kappa shape index (κ2) is 13.6. The molecule has 0 saturated heterocycles. The lowest BCUT2D eigenvalue weighted by molar-refractivity contribution is -0.167. The van der Waals surface area contributed by atoms with E-state index in [4.69, 9.17) is 0 Å². The number of unbranched alkanes of at least 4 members (excludes halogenated alkanes) is 3. The maximum atomic E-state index is 12.0. The summed E-state index contributed by atoms with van der Waals surface area (Å²) in [4.78, 5) is 16.5. The Morgan fingerprint density at radius 1 is 1.02 bits per heavy atom. The van der Waals surface area contributed by atoms with Crippen molar-refractivity contribution in [2.75, 3.05) is 6.54 Å². The molecule has 5 rings (SSSR count). The Hall–Kier alpha value is -1.26. The van der Waals surface area contributed by atoms with Crippen molar-refractivity contribution < 1.29 is 9.90 Å². The van der Waals surface area contributed by atoms with Crippen LogP contribution in [0.5, 0.6) is 0 Å². The molecule has 4 aliphatic carbocycles. The summed E-state index contributed by atoms with van der Waals surface area (Å²) in [5.74, 6) is 4.24. The predicted octanol–water partition coefficient (Wildman–Crippen LogP) is 8.17. The van der Waals surface area contributed by atoms with Gasteiger partial charge in [0.25, 0.3) is 0 Å². The van der Waals surface area contributed by atoms with Gasteiger partial charge in [0.15, 0.2) is 0 Å². The molecular formula is C37H60N2O2. The van der Waals surface area contributed by atoms with Crippen molar-refractivity contribution in [1.82, 2.24) is 10.3 Å². The van der Waals surface area contributed by atoms with E-state index in [1.54, 1.807) is 0 Å². The summed E-state index contributed by atoms with van der Waals surface area (Å²) in [6, 6.07) is 6.85. The van der Waals surface area contributed by atoms with Crippen LogP contribution in [0.2, 0.25) is 0 Å². The molecule has 0 amide bonds. The number of aliphatic hydroxyl groups excluding tert-OH is 1. The third-order valence-corrected chi connectivity index (χ3v) is 13.2. The van der Waals surface area contributed by atoms with Gasteiger partial charge in [-0.15, -0.1) is 0 Å². The standard InChI is InChI=1S/C37H60N2O2/c1-5-30(40)15-14-26(2)31-16-17-32-35-33(19-21-37(31,32)4)36(3)20-18-29(24-27(36)25-34(35)41)39-22-10-7-6-8-12-28-13-9-11-23-38-28/h9,11,13,23,26-27,29,31-35,39,41H,5-8,10,12,14-22,24-25H2,1-4H3/t26-,27-,29+,31-,32?,33?,34?,35?,36+,37-/m1/s1. The predicted molar refractivity (Wildman–Crippen MR) is 169 cm³/mol. The van der Waals surface area contributed by atoms with Gasteiger partial charge >= 0.3 is 0 Å². The summed E-state index contributed by atoms with van der Waals surface area (Å²) in [5, 5.41) is 15.7. The number of carbonyl (C=O) groups excluding carboxylic acids is 1. The fraction of sp³-hybridized carbons (Fsp3) is 0.838. The van der Waals surface area contributed by atoms with Crippen LogP contribution in [0.25, 0.3) is 0 Å². The van der Waals surface area contributed by atoms with Crippen molar-refractivity contribution in [2.45, 2.75) is 143 Å². The zero-order valence-corrected chi connectivity index (χ0v) is 26.8. The molecule has 4 nitrogen and oxygen atoms in total. The number of carbonyl (C=O) groups is 1. The lowest BCUT2D eigenvalue weighted by Crippen LogP contribution is -2.59. The molecule has 2 N–H and O–H groups in total. The first-order chi connectivity index (χ1) is 19.8. The largest absolute Gasteiger partial charge is 0.393 e. The summed E-state index contributed by atoms with van der Waals surface area (Å²) in [5.41, 5.74) is 1.96. The van der Waals surface area contributed by atoms with Crippen LogP contribution in [-0.4, -0.2) is 34.6 Å². The first kappa shape index (κ1) is 31.2. The van der Waals surface area contributed by atoms with Crippen molar-refractivity contribution in [2.24, 2.45) is 46.3 Å². The van der Waals surface area contributed by atoms with Crippen LogP contribution in [0.3, 0.4) is 0 Å². The Morgan fingerprint density at radius 3 is 2.59 bits per heavy atom.